The van der Waals surface area contributed by atoms with E-state index in [4.69, 9.17) is 0 Å². The summed E-state index contributed by atoms with van der Waals surface area (Å²) in [7, 11) is 0. The third-order valence-corrected chi connectivity index (χ3v) is 3.25. The number of aromatic nitrogens is 2. The van der Waals surface area contributed by atoms with E-state index in [1.165, 1.54) is 18.3 Å². The molecule has 0 saturated heterocycles. The molecule has 118 valence electrons. The predicted molar refractivity (Wildman–Crippen MR) is 78.4 cm³/mol. The molecule has 1 aromatic heterocycles. The number of carbonyl (C=O) groups is 1. The van der Waals surface area contributed by atoms with Gasteiger partial charge in [0.05, 0.1) is 17.4 Å². The fourth-order valence-electron chi connectivity index (χ4n) is 2.10. The summed E-state index contributed by atoms with van der Waals surface area (Å²) in [5.74, 6) is -0.482. The van der Waals surface area contributed by atoms with E-state index in [9.17, 15) is 13.6 Å². The minimum atomic E-state index is -2.96. The van der Waals surface area contributed by atoms with Gasteiger partial charge in [-0.1, -0.05) is 6.07 Å². The van der Waals surface area contributed by atoms with E-state index in [0.717, 1.165) is 5.56 Å². The molecule has 5 nitrogen and oxygen atoms in total. The van der Waals surface area contributed by atoms with E-state index in [-0.39, 0.29) is 11.4 Å². The lowest BCUT2D eigenvalue weighted by molar-refractivity contribution is -0.0494. The first-order valence-electron chi connectivity index (χ1n) is 6.81. The van der Waals surface area contributed by atoms with Crippen LogP contribution in [-0.2, 0) is 6.54 Å². The number of carbonyl (C=O) groups excluding carboxylic acids is 1. The topological polar surface area (TPSA) is 56.2 Å². The number of benzene rings is 1. The highest BCUT2D eigenvalue weighted by Gasteiger charge is 2.17. The largest absolute Gasteiger partial charge is 0.433 e. The first kappa shape index (κ1) is 15.9. The van der Waals surface area contributed by atoms with Crippen molar-refractivity contribution in [3.05, 3.63) is 41.2 Å². The standard InChI is InChI=1S/C15H17F2N3O2/c1-4-20-10(3)11(8-18-20)14(21)19-12-6-5-9(2)7-13(12)22-15(16)17/h5-8,15H,4H2,1-3H3,(H,19,21). The molecule has 1 aromatic carbocycles. The third-order valence-electron chi connectivity index (χ3n) is 3.25. The number of ether oxygens (including phenoxy) is 1. The van der Waals surface area contributed by atoms with Crippen molar-refractivity contribution in [3.63, 3.8) is 0 Å². The van der Waals surface area contributed by atoms with Crippen LogP contribution < -0.4 is 10.1 Å². The van der Waals surface area contributed by atoms with E-state index < -0.39 is 12.5 Å². The van der Waals surface area contributed by atoms with Gasteiger partial charge in [0.15, 0.2) is 0 Å². The molecule has 1 heterocycles. The summed E-state index contributed by atoms with van der Waals surface area (Å²) in [6.45, 7) is 3.12. The summed E-state index contributed by atoms with van der Waals surface area (Å²) in [6, 6.07) is 4.69. The van der Waals surface area contributed by atoms with Crippen LogP contribution in [0.4, 0.5) is 14.5 Å². The second-order valence-electron chi connectivity index (χ2n) is 4.79. The average Bonchev–Trinajstić information content (AvgIpc) is 2.82. The van der Waals surface area contributed by atoms with E-state index in [1.807, 2.05) is 6.92 Å². The van der Waals surface area contributed by atoms with Crippen molar-refractivity contribution in [2.24, 2.45) is 0 Å². The van der Waals surface area contributed by atoms with Gasteiger partial charge in [-0.25, -0.2) is 0 Å². The number of nitrogens with one attached hydrogen (secondary N) is 1. The number of hydrogen-bond acceptors (Lipinski definition) is 3. The maximum absolute atomic E-state index is 12.5. The second kappa shape index (κ2) is 6.55. The zero-order valence-electron chi connectivity index (χ0n) is 12.6. The van der Waals surface area contributed by atoms with Gasteiger partial charge in [-0.05, 0) is 38.5 Å². The van der Waals surface area contributed by atoms with Crippen molar-refractivity contribution in [2.45, 2.75) is 33.9 Å². The van der Waals surface area contributed by atoms with Crippen molar-refractivity contribution in [3.8, 4) is 5.75 Å². The normalized spacial score (nSPS) is 10.8. The zero-order valence-corrected chi connectivity index (χ0v) is 12.6. The van der Waals surface area contributed by atoms with Crippen LogP contribution in [0.2, 0.25) is 0 Å². The number of halogens is 2. The lowest BCUT2D eigenvalue weighted by Gasteiger charge is -2.12. The summed E-state index contributed by atoms with van der Waals surface area (Å²) in [5.41, 5.74) is 2.05. The summed E-state index contributed by atoms with van der Waals surface area (Å²) in [6.07, 6.45) is 1.45. The first-order chi connectivity index (χ1) is 10.4. The van der Waals surface area contributed by atoms with Gasteiger partial charge in [-0.15, -0.1) is 0 Å². The molecule has 0 radical (unpaired) electrons. The molecule has 2 aromatic rings. The molecule has 2 rings (SSSR count). The van der Waals surface area contributed by atoms with Crippen molar-refractivity contribution in [1.82, 2.24) is 9.78 Å². The number of aryl methyl sites for hydroxylation is 2. The zero-order chi connectivity index (χ0) is 16.3. The molecule has 0 bridgehead atoms. The summed E-state index contributed by atoms with van der Waals surface area (Å²) in [5, 5.41) is 6.67. The van der Waals surface area contributed by atoms with Gasteiger partial charge in [0.1, 0.15) is 5.75 Å². The SMILES string of the molecule is CCn1ncc(C(=O)Nc2ccc(C)cc2OC(F)F)c1C. The van der Waals surface area contributed by atoms with E-state index in [0.29, 0.717) is 17.8 Å². The molecule has 1 amide bonds. The van der Waals surface area contributed by atoms with Crippen LogP contribution in [0, 0.1) is 13.8 Å². The number of amides is 1. The molecule has 0 fully saturated rings. The molecule has 7 heteroatoms. The van der Waals surface area contributed by atoms with Crippen LogP contribution in [0.1, 0.15) is 28.5 Å². The highest BCUT2D eigenvalue weighted by Crippen LogP contribution is 2.28. The number of rotatable bonds is 5. The molecule has 0 spiro atoms. The van der Waals surface area contributed by atoms with Gasteiger partial charge in [-0.3, -0.25) is 9.48 Å². The van der Waals surface area contributed by atoms with Gasteiger partial charge in [-0.2, -0.15) is 13.9 Å². The van der Waals surface area contributed by atoms with Crippen LogP contribution in [0.25, 0.3) is 0 Å². The minimum Gasteiger partial charge on any atom is -0.433 e. The molecule has 0 aliphatic carbocycles. The van der Waals surface area contributed by atoms with Gasteiger partial charge in [0.2, 0.25) is 0 Å². The first-order valence-corrected chi connectivity index (χ1v) is 6.81. The Balaban J connectivity index is 2.26. The third kappa shape index (κ3) is 3.41. The van der Waals surface area contributed by atoms with E-state index in [1.54, 1.807) is 24.6 Å². The maximum Gasteiger partial charge on any atom is 0.387 e. The van der Waals surface area contributed by atoms with Crippen LogP contribution in [0.5, 0.6) is 5.75 Å². The Bertz CT molecular complexity index is 683. The van der Waals surface area contributed by atoms with Crippen LogP contribution in [-0.4, -0.2) is 22.3 Å². The lowest BCUT2D eigenvalue weighted by atomic mass is 10.2. The number of nitrogens with zero attached hydrogens (tertiary/aromatic N) is 2. The smallest absolute Gasteiger partial charge is 0.387 e. The van der Waals surface area contributed by atoms with Gasteiger partial charge < -0.3 is 10.1 Å². The predicted octanol–water partition coefficient (Wildman–Crippen LogP) is 3.37. The second-order valence-corrected chi connectivity index (χ2v) is 4.79. The average molecular weight is 309 g/mol. The summed E-state index contributed by atoms with van der Waals surface area (Å²) >= 11 is 0. The Morgan fingerprint density at radius 2 is 2.14 bits per heavy atom. The number of anilines is 1. The quantitative estimate of drug-likeness (QED) is 0.921. The van der Waals surface area contributed by atoms with Crippen molar-refractivity contribution < 1.29 is 18.3 Å². The molecular formula is C15H17F2N3O2. The molecule has 1 N–H and O–H groups in total. The monoisotopic (exact) mass is 309 g/mol. The lowest BCUT2D eigenvalue weighted by Crippen LogP contribution is -2.15. The summed E-state index contributed by atoms with van der Waals surface area (Å²) < 4.78 is 31.0. The Hall–Kier alpha value is -2.44. The highest BCUT2D eigenvalue weighted by molar-refractivity contribution is 6.05. The van der Waals surface area contributed by atoms with Crippen molar-refractivity contribution >= 4 is 11.6 Å². The van der Waals surface area contributed by atoms with Crippen molar-refractivity contribution in [2.75, 3.05) is 5.32 Å². The number of hydrogen-bond donors (Lipinski definition) is 1. The molecule has 0 aliphatic rings. The fourth-order valence-corrected chi connectivity index (χ4v) is 2.10. The number of alkyl halides is 2. The Labute approximate surface area is 126 Å². The maximum atomic E-state index is 12.5. The summed E-state index contributed by atoms with van der Waals surface area (Å²) in [4.78, 5) is 12.3. The van der Waals surface area contributed by atoms with E-state index in [2.05, 4.69) is 15.2 Å². The fraction of sp³-hybridized carbons (Fsp3) is 0.333. The van der Waals surface area contributed by atoms with Gasteiger partial charge >= 0.3 is 6.61 Å². The minimum absolute atomic E-state index is 0.0658. The molecule has 0 saturated carbocycles. The Kier molecular flexibility index (Phi) is 4.75. The van der Waals surface area contributed by atoms with Gasteiger partial charge in [0, 0.05) is 12.2 Å². The van der Waals surface area contributed by atoms with Gasteiger partial charge in [0.25, 0.3) is 5.91 Å². The molecule has 22 heavy (non-hydrogen) atoms. The van der Waals surface area contributed by atoms with Crippen LogP contribution in [0.3, 0.4) is 0 Å². The van der Waals surface area contributed by atoms with Crippen LogP contribution >= 0.6 is 0 Å². The molecule has 0 unspecified atom stereocenters. The highest BCUT2D eigenvalue weighted by atomic mass is 19.3. The van der Waals surface area contributed by atoms with Crippen LogP contribution in [0.15, 0.2) is 24.4 Å². The molecular weight excluding hydrogens is 292 g/mol. The Morgan fingerprint density at radius 3 is 2.73 bits per heavy atom. The van der Waals surface area contributed by atoms with E-state index >= 15 is 0 Å². The molecule has 0 aliphatic heterocycles. The Morgan fingerprint density at radius 1 is 1.41 bits per heavy atom. The van der Waals surface area contributed by atoms with Crippen molar-refractivity contribution in [1.29, 1.82) is 0 Å². The molecule has 0 atom stereocenters.